The maximum atomic E-state index is 12.6. The Bertz CT molecular complexity index is 1400. The van der Waals surface area contributed by atoms with E-state index in [-0.39, 0.29) is 29.2 Å². The average molecular weight is 456 g/mol. The summed E-state index contributed by atoms with van der Waals surface area (Å²) in [5.41, 5.74) is 0.938. The molecule has 0 unspecified atom stereocenters. The zero-order chi connectivity index (χ0) is 21.8. The van der Waals surface area contributed by atoms with Gasteiger partial charge in [0.25, 0.3) is 5.56 Å². The number of carbonyl (C=O) groups is 1. The van der Waals surface area contributed by atoms with Gasteiger partial charge in [-0.3, -0.25) is 9.20 Å². The Morgan fingerprint density at radius 2 is 1.90 bits per heavy atom. The Kier molecular flexibility index (Phi) is 5.94. The third-order valence-corrected chi connectivity index (χ3v) is 6.55. The fraction of sp³-hybridized carbons (Fsp3) is 0.0952. The number of carbonyl (C=O) groups excluding carboxylic acids is 1. The topological polar surface area (TPSA) is 107 Å². The van der Waals surface area contributed by atoms with Gasteiger partial charge in [0.15, 0.2) is 4.96 Å². The molecule has 8 nitrogen and oxygen atoms in total. The van der Waals surface area contributed by atoms with Crippen LogP contribution in [0.2, 0.25) is 0 Å². The molecule has 0 amide bonds. The van der Waals surface area contributed by atoms with Crippen molar-refractivity contribution in [3.05, 3.63) is 99.4 Å². The molecule has 0 bridgehead atoms. The summed E-state index contributed by atoms with van der Waals surface area (Å²) in [7, 11) is -3.82. The lowest BCUT2D eigenvalue weighted by Crippen LogP contribution is -2.23. The predicted octanol–water partition coefficient (Wildman–Crippen LogP) is 2.59. The molecule has 0 aliphatic heterocycles. The van der Waals surface area contributed by atoms with E-state index in [4.69, 9.17) is 4.74 Å². The van der Waals surface area contributed by atoms with E-state index in [2.05, 4.69) is 9.71 Å². The normalized spacial score (nSPS) is 11.5. The highest BCUT2D eigenvalue weighted by atomic mass is 32.2. The molecule has 0 atom stereocenters. The first-order chi connectivity index (χ1) is 14.9. The number of ether oxygens (including phenoxy) is 1. The van der Waals surface area contributed by atoms with E-state index in [1.165, 1.54) is 46.1 Å². The molecular formula is C21H17N3O5S2. The standard InChI is InChI=1S/C21H17N3O5S2/c25-19-12-17(23-21-24(19)9-10-30-21)14-29-20(26)16-7-4-8-18(11-16)31(27,28)22-13-15-5-2-1-3-6-15/h1-12,22H,13-14H2. The van der Waals surface area contributed by atoms with Gasteiger partial charge in [-0.05, 0) is 23.8 Å². The van der Waals surface area contributed by atoms with Gasteiger partial charge in [0, 0.05) is 24.2 Å². The third kappa shape index (κ3) is 4.88. The van der Waals surface area contributed by atoms with Crippen LogP contribution in [-0.4, -0.2) is 23.8 Å². The van der Waals surface area contributed by atoms with Gasteiger partial charge in [-0.15, -0.1) is 11.3 Å². The van der Waals surface area contributed by atoms with Crippen molar-refractivity contribution in [1.82, 2.24) is 14.1 Å². The second kappa shape index (κ2) is 8.80. The minimum absolute atomic E-state index is 0.0470. The van der Waals surface area contributed by atoms with Gasteiger partial charge in [0.2, 0.25) is 10.0 Å². The van der Waals surface area contributed by atoms with Crippen LogP contribution >= 0.6 is 11.3 Å². The molecule has 4 aromatic rings. The molecule has 0 fully saturated rings. The Balaban J connectivity index is 1.45. The summed E-state index contributed by atoms with van der Waals surface area (Å²) in [4.78, 5) is 29.2. The van der Waals surface area contributed by atoms with Crippen LogP contribution in [0.1, 0.15) is 21.6 Å². The lowest BCUT2D eigenvalue weighted by atomic mass is 10.2. The predicted molar refractivity (Wildman–Crippen MR) is 115 cm³/mol. The van der Waals surface area contributed by atoms with E-state index in [1.807, 2.05) is 30.3 Å². The molecule has 1 N–H and O–H groups in total. The minimum atomic E-state index is -3.82. The van der Waals surface area contributed by atoms with E-state index in [0.29, 0.717) is 10.7 Å². The summed E-state index contributed by atoms with van der Waals surface area (Å²) in [5.74, 6) is -0.715. The first-order valence-corrected chi connectivity index (χ1v) is 11.6. The molecule has 10 heteroatoms. The van der Waals surface area contributed by atoms with E-state index in [9.17, 15) is 18.0 Å². The minimum Gasteiger partial charge on any atom is -0.456 e. The number of nitrogens with zero attached hydrogens (tertiary/aromatic N) is 2. The van der Waals surface area contributed by atoms with Crippen LogP contribution in [0.25, 0.3) is 4.96 Å². The van der Waals surface area contributed by atoms with Gasteiger partial charge in [-0.25, -0.2) is 22.9 Å². The molecule has 4 rings (SSSR count). The highest BCUT2D eigenvalue weighted by Crippen LogP contribution is 2.14. The SMILES string of the molecule is O=C(OCc1cc(=O)n2ccsc2n1)c1cccc(S(=O)(=O)NCc2ccccc2)c1. The largest absolute Gasteiger partial charge is 0.456 e. The lowest BCUT2D eigenvalue weighted by molar-refractivity contribution is 0.0467. The van der Waals surface area contributed by atoms with Gasteiger partial charge in [-0.2, -0.15) is 0 Å². The Labute approximate surface area is 181 Å². The number of esters is 1. The molecule has 0 radical (unpaired) electrons. The summed E-state index contributed by atoms with van der Waals surface area (Å²) < 4.78 is 34.3. The molecular weight excluding hydrogens is 438 g/mol. The molecule has 2 aromatic heterocycles. The highest BCUT2D eigenvalue weighted by molar-refractivity contribution is 7.89. The number of benzene rings is 2. The van der Waals surface area contributed by atoms with Crippen LogP contribution in [0.5, 0.6) is 0 Å². The molecule has 0 spiro atoms. The summed E-state index contributed by atoms with van der Waals surface area (Å²) >= 11 is 1.29. The Morgan fingerprint density at radius 1 is 1.10 bits per heavy atom. The van der Waals surface area contributed by atoms with E-state index >= 15 is 0 Å². The first kappa shape index (κ1) is 20.9. The van der Waals surface area contributed by atoms with Crippen LogP contribution in [0.4, 0.5) is 0 Å². The zero-order valence-corrected chi connectivity index (χ0v) is 17.7. The number of fused-ring (bicyclic) bond motifs is 1. The van der Waals surface area contributed by atoms with Crippen molar-refractivity contribution in [3.8, 4) is 0 Å². The molecule has 2 aromatic carbocycles. The average Bonchev–Trinajstić information content (AvgIpc) is 3.26. The first-order valence-electron chi connectivity index (χ1n) is 9.19. The van der Waals surface area contributed by atoms with Crippen LogP contribution in [0.3, 0.4) is 0 Å². The van der Waals surface area contributed by atoms with Crippen LogP contribution in [-0.2, 0) is 27.9 Å². The van der Waals surface area contributed by atoms with Gasteiger partial charge < -0.3 is 4.74 Å². The number of hydrogen-bond acceptors (Lipinski definition) is 7. The number of aromatic nitrogens is 2. The van der Waals surface area contributed by atoms with Crippen molar-refractivity contribution in [3.63, 3.8) is 0 Å². The molecule has 0 aliphatic rings. The fourth-order valence-corrected chi connectivity index (χ4v) is 4.63. The van der Waals surface area contributed by atoms with Crippen LogP contribution in [0, 0.1) is 0 Å². The number of hydrogen-bond donors (Lipinski definition) is 1. The van der Waals surface area contributed by atoms with Gasteiger partial charge in [-0.1, -0.05) is 36.4 Å². The van der Waals surface area contributed by atoms with E-state index < -0.39 is 16.0 Å². The van der Waals surface area contributed by atoms with Gasteiger partial charge in [0.05, 0.1) is 16.2 Å². The monoisotopic (exact) mass is 455 g/mol. The zero-order valence-electron chi connectivity index (χ0n) is 16.1. The molecule has 0 saturated carbocycles. The summed E-state index contributed by atoms with van der Waals surface area (Å²) in [6.07, 6.45) is 1.61. The van der Waals surface area contributed by atoms with Crippen molar-refractivity contribution >= 4 is 32.3 Å². The molecule has 31 heavy (non-hydrogen) atoms. The van der Waals surface area contributed by atoms with Crippen molar-refractivity contribution < 1.29 is 17.9 Å². The van der Waals surface area contributed by atoms with Crippen molar-refractivity contribution in [2.24, 2.45) is 0 Å². The van der Waals surface area contributed by atoms with Crippen LogP contribution < -0.4 is 10.3 Å². The number of rotatable bonds is 7. The number of nitrogens with one attached hydrogen (secondary N) is 1. The van der Waals surface area contributed by atoms with Crippen molar-refractivity contribution in [1.29, 1.82) is 0 Å². The summed E-state index contributed by atoms with van der Waals surface area (Å²) in [5, 5.41) is 1.73. The number of thiazole rings is 1. The summed E-state index contributed by atoms with van der Waals surface area (Å²) in [6, 6.07) is 16.0. The van der Waals surface area contributed by atoms with Gasteiger partial charge in [0.1, 0.15) is 6.61 Å². The molecule has 158 valence electrons. The Morgan fingerprint density at radius 3 is 2.71 bits per heavy atom. The lowest BCUT2D eigenvalue weighted by Gasteiger charge is -2.09. The van der Waals surface area contributed by atoms with E-state index in [0.717, 1.165) is 5.56 Å². The van der Waals surface area contributed by atoms with Crippen molar-refractivity contribution in [2.45, 2.75) is 18.0 Å². The van der Waals surface area contributed by atoms with Crippen molar-refractivity contribution in [2.75, 3.05) is 0 Å². The van der Waals surface area contributed by atoms with Crippen LogP contribution in [0.15, 0.2) is 81.9 Å². The second-order valence-electron chi connectivity index (χ2n) is 6.56. The number of sulfonamides is 1. The quantitative estimate of drug-likeness (QED) is 0.429. The maximum absolute atomic E-state index is 12.6. The summed E-state index contributed by atoms with van der Waals surface area (Å²) in [6.45, 7) is -0.0734. The third-order valence-electron chi connectivity index (χ3n) is 4.40. The molecule has 2 heterocycles. The molecule has 0 aliphatic carbocycles. The van der Waals surface area contributed by atoms with Gasteiger partial charge >= 0.3 is 5.97 Å². The second-order valence-corrected chi connectivity index (χ2v) is 9.20. The smallest absolute Gasteiger partial charge is 0.338 e. The molecule has 0 saturated heterocycles. The Hall–Kier alpha value is -3.34. The maximum Gasteiger partial charge on any atom is 0.338 e. The van der Waals surface area contributed by atoms with E-state index in [1.54, 1.807) is 11.6 Å². The fourth-order valence-electron chi connectivity index (χ4n) is 2.83. The highest BCUT2D eigenvalue weighted by Gasteiger charge is 2.17.